The van der Waals surface area contributed by atoms with E-state index in [1.54, 1.807) is 31.2 Å². The Morgan fingerprint density at radius 3 is 2.35 bits per heavy atom. The first-order chi connectivity index (χ1) is 8.24. The molecule has 0 N–H and O–H groups in total. The third-order valence-electron chi connectivity index (χ3n) is 2.08. The van der Waals surface area contributed by atoms with Crippen LogP contribution < -0.4 is 0 Å². The molecule has 92 valence electrons. The van der Waals surface area contributed by atoms with Crippen LogP contribution in [-0.2, 0) is 14.3 Å². The summed E-state index contributed by atoms with van der Waals surface area (Å²) in [4.78, 5) is 22.3. The highest BCUT2D eigenvalue weighted by atomic mass is 16.5. The van der Waals surface area contributed by atoms with Crippen molar-refractivity contribution in [3.8, 4) is 0 Å². The Bertz CT molecular complexity index is 359. The topological polar surface area (TPSA) is 52.6 Å². The maximum absolute atomic E-state index is 11.5. The number of hydrogen-bond acceptors (Lipinski definition) is 4. The molecule has 0 aromatic heterocycles. The van der Waals surface area contributed by atoms with Crippen LogP contribution in [0.1, 0.15) is 30.1 Å². The predicted octanol–water partition coefficient (Wildman–Crippen LogP) is 2.19. The van der Waals surface area contributed by atoms with Crippen molar-refractivity contribution < 1.29 is 19.1 Å². The zero-order chi connectivity index (χ0) is 12.5. The fourth-order valence-electron chi connectivity index (χ4n) is 1.17. The van der Waals surface area contributed by atoms with Crippen molar-refractivity contribution in [2.45, 2.75) is 19.8 Å². The predicted molar refractivity (Wildman–Crippen MR) is 62.6 cm³/mol. The third-order valence-corrected chi connectivity index (χ3v) is 2.08. The normalized spacial score (nSPS) is 9.71. The van der Waals surface area contributed by atoms with Crippen molar-refractivity contribution in [3.63, 3.8) is 0 Å². The molecule has 4 heteroatoms. The molecule has 1 aromatic rings. The number of rotatable bonds is 6. The third kappa shape index (κ3) is 5.15. The zero-order valence-electron chi connectivity index (χ0n) is 9.85. The van der Waals surface area contributed by atoms with E-state index in [1.807, 2.05) is 6.07 Å². The summed E-state index contributed by atoms with van der Waals surface area (Å²) in [5, 5.41) is 0. The van der Waals surface area contributed by atoms with Crippen LogP contribution in [0.5, 0.6) is 0 Å². The summed E-state index contributed by atoms with van der Waals surface area (Å²) in [6.45, 7) is 2.28. The summed E-state index contributed by atoms with van der Waals surface area (Å²) >= 11 is 0. The summed E-state index contributed by atoms with van der Waals surface area (Å²) in [7, 11) is 0. The molecule has 1 aromatic carbocycles. The van der Waals surface area contributed by atoms with Crippen molar-refractivity contribution in [2.24, 2.45) is 0 Å². The number of carbonyl (C=O) groups excluding carboxylic acids is 2. The Balaban J connectivity index is 2.15. The summed E-state index contributed by atoms with van der Waals surface area (Å²) in [6.07, 6.45) is 0.883. The van der Waals surface area contributed by atoms with E-state index >= 15 is 0 Å². The van der Waals surface area contributed by atoms with Crippen molar-refractivity contribution in [3.05, 3.63) is 35.9 Å². The second kappa shape index (κ2) is 7.44. The standard InChI is InChI=1S/C13H16O4/c1-2-12(14)16-9-6-10-17-13(15)11-7-4-3-5-8-11/h3-5,7-8H,2,6,9-10H2,1H3. The molecule has 0 spiro atoms. The van der Waals surface area contributed by atoms with Gasteiger partial charge in [0.15, 0.2) is 0 Å². The molecular weight excluding hydrogens is 220 g/mol. The number of esters is 2. The average molecular weight is 236 g/mol. The van der Waals surface area contributed by atoms with E-state index in [1.165, 1.54) is 0 Å². The maximum Gasteiger partial charge on any atom is 0.338 e. The van der Waals surface area contributed by atoms with Crippen LogP contribution in [0.15, 0.2) is 30.3 Å². The van der Waals surface area contributed by atoms with Gasteiger partial charge in [-0.2, -0.15) is 0 Å². The lowest BCUT2D eigenvalue weighted by molar-refractivity contribution is -0.143. The van der Waals surface area contributed by atoms with E-state index in [0.717, 1.165) is 0 Å². The lowest BCUT2D eigenvalue weighted by Gasteiger charge is -2.05. The zero-order valence-corrected chi connectivity index (χ0v) is 9.85. The molecule has 0 saturated carbocycles. The van der Waals surface area contributed by atoms with E-state index < -0.39 is 0 Å². The van der Waals surface area contributed by atoms with Crippen molar-refractivity contribution in [2.75, 3.05) is 13.2 Å². The molecule has 0 unspecified atom stereocenters. The molecule has 0 aliphatic rings. The molecule has 4 nitrogen and oxygen atoms in total. The van der Waals surface area contributed by atoms with Crippen LogP contribution in [0.2, 0.25) is 0 Å². The van der Waals surface area contributed by atoms with Gasteiger partial charge in [0.25, 0.3) is 0 Å². The summed E-state index contributed by atoms with van der Waals surface area (Å²) in [6, 6.07) is 8.78. The average Bonchev–Trinajstić information content (AvgIpc) is 2.38. The SMILES string of the molecule is CCC(=O)OCCCOC(=O)c1ccccc1. The molecule has 0 bridgehead atoms. The van der Waals surface area contributed by atoms with Gasteiger partial charge in [0.2, 0.25) is 0 Å². The fourth-order valence-corrected chi connectivity index (χ4v) is 1.17. The minimum Gasteiger partial charge on any atom is -0.466 e. The highest BCUT2D eigenvalue weighted by Crippen LogP contribution is 2.01. The monoisotopic (exact) mass is 236 g/mol. The van der Waals surface area contributed by atoms with Gasteiger partial charge in [-0.3, -0.25) is 4.79 Å². The molecule has 0 atom stereocenters. The number of hydrogen-bond donors (Lipinski definition) is 0. The molecule has 0 radical (unpaired) electrons. The van der Waals surface area contributed by atoms with E-state index in [4.69, 9.17) is 9.47 Å². The number of ether oxygens (including phenoxy) is 2. The van der Waals surface area contributed by atoms with E-state index in [9.17, 15) is 9.59 Å². The van der Waals surface area contributed by atoms with Gasteiger partial charge >= 0.3 is 11.9 Å². The molecule has 0 saturated heterocycles. The van der Waals surface area contributed by atoms with Crippen LogP contribution in [-0.4, -0.2) is 25.2 Å². The molecular formula is C13H16O4. The van der Waals surface area contributed by atoms with E-state index in [-0.39, 0.29) is 25.2 Å². The fraction of sp³-hybridized carbons (Fsp3) is 0.385. The van der Waals surface area contributed by atoms with Gasteiger partial charge in [-0.05, 0) is 12.1 Å². The number of benzene rings is 1. The van der Waals surface area contributed by atoms with Crippen LogP contribution in [0.4, 0.5) is 0 Å². The molecule has 0 aliphatic heterocycles. The van der Waals surface area contributed by atoms with Crippen LogP contribution >= 0.6 is 0 Å². The Kier molecular flexibility index (Phi) is 5.79. The van der Waals surface area contributed by atoms with E-state index in [2.05, 4.69) is 0 Å². The first-order valence-electron chi connectivity index (χ1n) is 5.62. The summed E-state index contributed by atoms with van der Waals surface area (Å²) in [5.74, 6) is -0.591. The first kappa shape index (κ1) is 13.2. The van der Waals surface area contributed by atoms with Crippen LogP contribution in [0, 0.1) is 0 Å². The molecule has 17 heavy (non-hydrogen) atoms. The van der Waals surface area contributed by atoms with Gasteiger partial charge < -0.3 is 9.47 Å². The largest absolute Gasteiger partial charge is 0.466 e. The molecule has 0 amide bonds. The second-order valence-electron chi connectivity index (χ2n) is 3.43. The van der Waals surface area contributed by atoms with Gasteiger partial charge in [-0.1, -0.05) is 25.1 Å². The lowest BCUT2D eigenvalue weighted by Crippen LogP contribution is -2.10. The highest BCUT2D eigenvalue weighted by Gasteiger charge is 2.05. The van der Waals surface area contributed by atoms with Crippen LogP contribution in [0.3, 0.4) is 0 Å². The Morgan fingerprint density at radius 1 is 1.06 bits per heavy atom. The Morgan fingerprint density at radius 2 is 1.71 bits per heavy atom. The van der Waals surface area contributed by atoms with Gasteiger partial charge in [-0.15, -0.1) is 0 Å². The second-order valence-corrected chi connectivity index (χ2v) is 3.43. The van der Waals surface area contributed by atoms with Crippen molar-refractivity contribution in [1.82, 2.24) is 0 Å². The molecule has 1 rings (SSSR count). The van der Waals surface area contributed by atoms with Gasteiger partial charge in [0, 0.05) is 12.8 Å². The van der Waals surface area contributed by atoms with Crippen molar-refractivity contribution >= 4 is 11.9 Å². The quantitative estimate of drug-likeness (QED) is 0.561. The van der Waals surface area contributed by atoms with Gasteiger partial charge in [-0.25, -0.2) is 4.79 Å². The summed E-state index contributed by atoms with van der Waals surface area (Å²) in [5.41, 5.74) is 0.526. The first-order valence-corrected chi connectivity index (χ1v) is 5.62. The van der Waals surface area contributed by atoms with Gasteiger partial charge in [0.1, 0.15) is 0 Å². The van der Waals surface area contributed by atoms with E-state index in [0.29, 0.717) is 18.4 Å². The minimum atomic E-state index is -0.354. The Hall–Kier alpha value is -1.84. The maximum atomic E-state index is 11.5. The van der Waals surface area contributed by atoms with Crippen LogP contribution in [0.25, 0.3) is 0 Å². The number of carbonyl (C=O) groups is 2. The molecule has 0 fully saturated rings. The lowest BCUT2D eigenvalue weighted by atomic mass is 10.2. The minimum absolute atomic E-state index is 0.237. The summed E-state index contributed by atoms with van der Waals surface area (Å²) < 4.78 is 9.86. The van der Waals surface area contributed by atoms with Gasteiger partial charge in [0.05, 0.1) is 18.8 Å². The molecule has 0 aliphatic carbocycles. The molecule has 0 heterocycles. The van der Waals surface area contributed by atoms with Crippen molar-refractivity contribution in [1.29, 1.82) is 0 Å². The Labute approximate surface area is 101 Å². The highest BCUT2D eigenvalue weighted by molar-refractivity contribution is 5.89. The smallest absolute Gasteiger partial charge is 0.338 e.